The standard InChI is InChI=1S/C22H32N4O6S/c1-2-10-23-21(29)25-11-7-22(8-12-25)9-13-32-18-5-3-4-6-19(18)33(30,31)26-15-16(27)14-17(26)20(28)24-22/h3-6,16-17,27H,2,7-15H2,1H3,(H,23,29)(H,24,28)/t16-,17+/m1/s1. The van der Waals surface area contributed by atoms with E-state index in [1.54, 1.807) is 23.1 Å². The molecule has 0 aliphatic carbocycles. The molecule has 3 amide bonds. The maximum atomic E-state index is 13.4. The molecular weight excluding hydrogens is 448 g/mol. The number of para-hydroxylation sites is 1. The number of carbonyl (C=O) groups excluding carboxylic acids is 2. The highest BCUT2D eigenvalue weighted by Crippen LogP contribution is 2.34. The second-order valence-corrected chi connectivity index (χ2v) is 10.9. The van der Waals surface area contributed by atoms with Crippen LogP contribution in [0, 0.1) is 0 Å². The summed E-state index contributed by atoms with van der Waals surface area (Å²) in [5.74, 6) is -0.183. The van der Waals surface area contributed by atoms with Crippen LogP contribution < -0.4 is 15.4 Å². The van der Waals surface area contributed by atoms with E-state index in [9.17, 15) is 23.1 Å². The van der Waals surface area contributed by atoms with Gasteiger partial charge in [-0.15, -0.1) is 0 Å². The number of aliphatic hydroxyl groups excluding tert-OH is 1. The van der Waals surface area contributed by atoms with Crippen molar-refractivity contribution in [1.29, 1.82) is 0 Å². The van der Waals surface area contributed by atoms with E-state index in [2.05, 4.69) is 10.6 Å². The van der Waals surface area contributed by atoms with E-state index in [4.69, 9.17) is 4.74 Å². The number of piperidine rings is 1. The number of urea groups is 1. The predicted octanol–water partition coefficient (Wildman–Crippen LogP) is 0.663. The highest BCUT2D eigenvalue weighted by Gasteiger charge is 2.47. The van der Waals surface area contributed by atoms with E-state index < -0.39 is 33.6 Å². The first kappa shape index (κ1) is 23.8. The molecule has 2 saturated heterocycles. The second kappa shape index (κ2) is 9.47. The van der Waals surface area contributed by atoms with Crippen LogP contribution in [0.1, 0.15) is 39.0 Å². The zero-order valence-corrected chi connectivity index (χ0v) is 19.6. The maximum Gasteiger partial charge on any atom is 0.317 e. The molecule has 182 valence electrons. The van der Waals surface area contributed by atoms with Crippen molar-refractivity contribution in [3.05, 3.63) is 24.3 Å². The number of ether oxygens (including phenoxy) is 1. The van der Waals surface area contributed by atoms with Gasteiger partial charge in [0, 0.05) is 44.6 Å². The quantitative estimate of drug-likeness (QED) is 0.571. The summed E-state index contributed by atoms with van der Waals surface area (Å²) in [6, 6.07) is 5.27. The van der Waals surface area contributed by atoms with Gasteiger partial charge >= 0.3 is 6.03 Å². The zero-order chi connectivity index (χ0) is 23.6. The average molecular weight is 481 g/mol. The lowest BCUT2D eigenvalue weighted by molar-refractivity contribution is -0.127. The van der Waals surface area contributed by atoms with E-state index in [1.165, 1.54) is 6.07 Å². The predicted molar refractivity (Wildman–Crippen MR) is 120 cm³/mol. The molecule has 0 radical (unpaired) electrons. The molecule has 4 rings (SSSR count). The summed E-state index contributed by atoms with van der Waals surface area (Å²) in [4.78, 5) is 27.4. The number of sulfonamides is 1. The summed E-state index contributed by atoms with van der Waals surface area (Å²) in [6.45, 7) is 3.63. The van der Waals surface area contributed by atoms with Gasteiger partial charge in [0.2, 0.25) is 15.9 Å². The number of hydrogen-bond donors (Lipinski definition) is 3. The summed E-state index contributed by atoms with van der Waals surface area (Å²) in [5.41, 5.74) is -0.624. The number of carbonyl (C=O) groups is 2. The normalized spacial score (nSPS) is 27.0. The van der Waals surface area contributed by atoms with Crippen molar-refractivity contribution in [3.8, 4) is 5.75 Å². The molecule has 0 bridgehead atoms. The summed E-state index contributed by atoms with van der Waals surface area (Å²) < 4.78 is 33.8. The fraction of sp³-hybridized carbons (Fsp3) is 0.636. The average Bonchev–Trinajstić information content (AvgIpc) is 3.20. The Hall–Kier alpha value is -2.37. The molecule has 10 nitrogen and oxygen atoms in total. The lowest BCUT2D eigenvalue weighted by Crippen LogP contribution is -2.60. The molecule has 1 aromatic carbocycles. The number of nitrogens with one attached hydrogen (secondary N) is 2. The number of aliphatic hydroxyl groups is 1. The van der Waals surface area contributed by atoms with Crippen LogP contribution in [-0.2, 0) is 14.8 Å². The van der Waals surface area contributed by atoms with Gasteiger partial charge in [-0.25, -0.2) is 13.2 Å². The van der Waals surface area contributed by atoms with Crippen molar-refractivity contribution in [1.82, 2.24) is 19.8 Å². The van der Waals surface area contributed by atoms with Gasteiger partial charge in [0.1, 0.15) is 16.7 Å². The smallest absolute Gasteiger partial charge is 0.317 e. The number of benzene rings is 1. The van der Waals surface area contributed by atoms with Gasteiger partial charge in [-0.05, 0) is 31.4 Å². The van der Waals surface area contributed by atoms with Gasteiger partial charge in [-0.2, -0.15) is 4.31 Å². The van der Waals surface area contributed by atoms with Crippen LogP contribution in [0.2, 0.25) is 0 Å². The first-order chi connectivity index (χ1) is 15.8. The Bertz CT molecular complexity index is 992. The molecule has 2 fully saturated rings. The van der Waals surface area contributed by atoms with E-state index in [1.807, 2.05) is 6.92 Å². The SMILES string of the molecule is CCCNC(=O)N1CCC2(CCOc3ccccc3S(=O)(=O)N3C[C@H](O)C[C@H]3C(=O)N2)CC1. The molecule has 1 aromatic rings. The topological polar surface area (TPSA) is 128 Å². The summed E-state index contributed by atoms with van der Waals surface area (Å²) in [5, 5.41) is 16.2. The van der Waals surface area contributed by atoms with Gasteiger partial charge < -0.3 is 25.4 Å². The summed E-state index contributed by atoms with van der Waals surface area (Å²) >= 11 is 0. The molecule has 33 heavy (non-hydrogen) atoms. The Kier molecular flexibility index (Phi) is 6.83. The minimum Gasteiger partial charge on any atom is -0.492 e. The second-order valence-electron chi connectivity index (χ2n) is 9.01. The first-order valence-electron chi connectivity index (χ1n) is 11.5. The van der Waals surface area contributed by atoms with Crippen LogP contribution in [0.15, 0.2) is 29.2 Å². The number of hydrogen-bond acceptors (Lipinski definition) is 6. The monoisotopic (exact) mass is 480 g/mol. The van der Waals surface area contributed by atoms with Crippen molar-refractivity contribution < 1.29 is 27.9 Å². The third-order valence-corrected chi connectivity index (χ3v) is 8.65. The lowest BCUT2D eigenvalue weighted by Gasteiger charge is -2.43. The minimum absolute atomic E-state index is 0.00438. The Morgan fingerprint density at radius 1 is 1.27 bits per heavy atom. The minimum atomic E-state index is -4.05. The van der Waals surface area contributed by atoms with Crippen molar-refractivity contribution in [3.63, 3.8) is 0 Å². The first-order valence-corrected chi connectivity index (χ1v) is 13.0. The van der Waals surface area contributed by atoms with Crippen LogP contribution in [-0.4, -0.2) is 85.1 Å². The lowest BCUT2D eigenvalue weighted by atomic mass is 9.84. The third-order valence-electron chi connectivity index (χ3n) is 6.73. The van der Waals surface area contributed by atoms with Crippen LogP contribution in [0.4, 0.5) is 4.79 Å². The van der Waals surface area contributed by atoms with Crippen LogP contribution in [0.5, 0.6) is 5.75 Å². The van der Waals surface area contributed by atoms with Crippen molar-refractivity contribution >= 4 is 22.0 Å². The van der Waals surface area contributed by atoms with Gasteiger partial charge in [0.25, 0.3) is 0 Å². The highest BCUT2D eigenvalue weighted by molar-refractivity contribution is 7.89. The molecule has 0 saturated carbocycles. The molecule has 3 aliphatic rings. The van der Waals surface area contributed by atoms with Gasteiger partial charge in [0.15, 0.2) is 0 Å². The third kappa shape index (κ3) is 4.80. The fourth-order valence-corrected chi connectivity index (χ4v) is 6.59. The van der Waals surface area contributed by atoms with E-state index in [0.29, 0.717) is 38.9 Å². The van der Waals surface area contributed by atoms with E-state index in [-0.39, 0.29) is 36.2 Å². The molecule has 3 N–H and O–H groups in total. The summed E-state index contributed by atoms with van der Waals surface area (Å²) in [7, 11) is -4.05. The van der Waals surface area contributed by atoms with Crippen molar-refractivity contribution in [2.75, 3.05) is 32.8 Å². The number of amides is 3. The van der Waals surface area contributed by atoms with Crippen molar-refractivity contribution in [2.24, 2.45) is 0 Å². The maximum absolute atomic E-state index is 13.4. The van der Waals surface area contributed by atoms with Crippen LogP contribution >= 0.6 is 0 Å². The Balaban J connectivity index is 1.60. The molecular formula is C22H32N4O6S. The molecule has 3 heterocycles. The van der Waals surface area contributed by atoms with Gasteiger partial charge in [-0.3, -0.25) is 4.79 Å². The van der Waals surface area contributed by atoms with Gasteiger partial charge in [-0.1, -0.05) is 19.1 Å². The van der Waals surface area contributed by atoms with Crippen molar-refractivity contribution in [2.45, 2.75) is 61.6 Å². The van der Waals surface area contributed by atoms with Gasteiger partial charge in [0.05, 0.1) is 12.7 Å². The molecule has 11 heteroatoms. The molecule has 0 unspecified atom stereocenters. The Morgan fingerprint density at radius 2 is 2.00 bits per heavy atom. The number of nitrogens with zero attached hydrogens (tertiary/aromatic N) is 2. The Morgan fingerprint density at radius 3 is 2.73 bits per heavy atom. The van der Waals surface area contributed by atoms with E-state index >= 15 is 0 Å². The number of rotatable bonds is 2. The molecule has 2 atom stereocenters. The molecule has 1 spiro atoms. The van der Waals surface area contributed by atoms with Crippen LogP contribution in [0.3, 0.4) is 0 Å². The molecule has 3 aliphatic heterocycles. The highest BCUT2D eigenvalue weighted by atomic mass is 32.2. The van der Waals surface area contributed by atoms with Crippen LogP contribution in [0.25, 0.3) is 0 Å². The largest absolute Gasteiger partial charge is 0.492 e. The Labute approximate surface area is 194 Å². The summed E-state index contributed by atoms with van der Waals surface area (Å²) in [6.07, 6.45) is 1.51. The molecule has 0 aromatic heterocycles. The van der Waals surface area contributed by atoms with E-state index in [0.717, 1.165) is 10.7 Å². The fourth-order valence-electron chi connectivity index (χ4n) is 4.82. The zero-order valence-electron chi connectivity index (χ0n) is 18.8. The number of fused-ring (bicyclic) bond motifs is 2. The number of likely N-dealkylation sites (tertiary alicyclic amines) is 1.